The van der Waals surface area contributed by atoms with E-state index in [1.54, 1.807) is 0 Å². The predicted molar refractivity (Wildman–Crippen MR) is 195 cm³/mol. The molecule has 0 bridgehead atoms. The van der Waals surface area contributed by atoms with Gasteiger partial charge in [-0.25, -0.2) is 0 Å². The molecule has 264 valence electrons. The van der Waals surface area contributed by atoms with Gasteiger partial charge in [0.25, 0.3) is 0 Å². The first-order valence-electron chi connectivity index (χ1n) is 16.4. The van der Waals surface area contributed by atoms with E-state index < -0.39 is 23.5 Å². The summed E-state index contributed by atoms with van der Waals surface area (Å²) in [5, 5.41) is 19.1. The zero-order chi connectivity index (χ0) is 37.8. The number of hydrogen-bond acceptors (Lipinski definition) is 3. The topological polar surface area (TPSA) is 50.8 Å². The Labute approximate surface area is 299 Å². The van der Waals surface area contributed by atoms with Gasteiger partial charge in [-0.3, -0.25) is 0 Å². The lowest BCUT2D eigenvalue weighted by molar-refractivity contribution is -0.138. The van der Waals surface area contributed by atoms with Gasteiger partial charge in [0.2, 0.25) is 0 Å². The van der Waals surface area contributed by atoms with Gasteiger partial charge >= 0.3 is 12.4 Å². The monoisotopic (exact) mass is 707 g/mol. The summed E-state index contributed by atoms with van der Waals surface area (Å²) in [5.74, 6) is 0. The van der Waals surface area contributed by atoms with E-state index in [0.29, 0.717) is 51.8 Å². The molecule has 52 heavy (non-hydrogen) atoms. The lowest BCUT2D eigenvalue weighted by Crippen LogP contribution is -2.17. The third-order valence-electron chi connectivity index (χ3n) is 8.87. The molecule has 0 N–H and O–H groups in total. The molecule has 0 unspecified atom stereocenters. The van der Waals surface area contributed by atoms with E-state index in [1.165, 1.54) is 24.3 Å². The van der Waals surface area contributed by atoms with E-state index >= 15 is 0 Å². The Morgan fingerprint density at radius 2 is 1.12 bits per heavy atom. The minimum Gasteiger partial charge on any atom is -0.378 e. The van der Waals surface area contributed by atoms with Crippen LogP contribution in [0, 0.1) is 28.1 Å². The minimum atomic E-state index is -4.53. The fourth-order valence-corrected chi connectivity index (χ4v) is 6.25. The van der Waals surface area contributed by atoms with Crippen molar-refractivity contribution in [2.24, 2.45) is 5.41 Å². The second-order valence-corrected chi connectivity index (χ2v) is 13.7. The smallest absolute Gasteiger partial charge is 0.378 e. The molecule has 4 aromatic rings. The fraction of sp³-hybridized carbons (Fsp3) is 0.209. The van der Waals surface area contributed by atoms with Crippen LogP contribution in [0.1, 0.15) is 54.5 Å². The number of anilines is 1. The normalized spacial score (nSPS) is 14.6. The predicted octanol–water partition coefficient (Wildman–Crippen LogP) is 12.4. The Morgan fingerprint density at radius 3 is 1.54 bits per heavy atom. The Hall–Kier alpha value is -5.80. The molecule has 0 aliphatic heterocycles. The summed E-state index contributed by atoms with van der Waals surface area (Å²) in [7, 11) is 3.86. The second kappa shape index (κ2) is 14.8. The molecule has 0 fully saturated rings. The fourth-order valence-electron chi connectivity index (χ4n) is 6.25. The number of allylic oxidation sites excluding steroid dienone is 5. The van der Waals surface area contributed by atoms with Crippen LogP contribution in [0.2, 0.25) is 0 Å². The highest BCUT2D eigenvalue weighted by Crippen LogP contribution is 2.41. The Bertz CT molecular complexity index is 2130. The van der Waals surface area contributed by atoms with E-state index in [1.807, 2.05) is 112 Å². The summed E-state index contributed by atoms with van der Waals surface area (Å²) < 4.78 is 81.1. The van der Waals surface area contributed by atoms with Crippen molar-refractivity contribution in [1.29, 1.82) is 10.5 Å². The average molecular weight is 708 g/mol. The van der Waals surface area contributed by atoms with Crippen LogP contribution >= 0.6 is 0 Å². The molecule has 4 aromatic carbocycles. The van der Waals surface area contributed by atoms with Gasteiger partial charge in [-0.1, -0.05) is 80.6 Å². The van der Waals surface area contributed by atoms with E-state index in [9.17, 15) is 36.9 Å². The maximum Gasteiger partial charge on any atom is 0.416 e. The molecule has 0 saturated carbocycles. The van der Waals surface area contributed by atoms with Crippen molar-refractivity contribution in [3.63, 3.8) is 0 Å². The van der Waals surface area contributed by atoms with Crippen molar-refractivity contribution in [1.82, 2.24) is 0 Å². The van der Waals surface area contributed by atoms with Crippen molar-refractivity contribution in [3.05, 3.63) is 142 Å². The second-order valence-electron chi connectivity index (χ2n) is 13.7. The zero-order valence-corrected chi connectivity index (χ0v) is 29.0. The lowest BCUT2D eigenvalue weighted by Gasteiger charge is -2.30. The summed E-state index contributed by atoms with van der Waals surface area (Å²) in [6, 6.07) is 25.0. The first-order chi connectivity index (χ1) is 24.5. The summed E-state index contributed by atoms with van der Waals surface area (Å²) in [5.41, 5.74) is 4.99. The molecule has 0 heterocycles. The molecule has 0 spiro atoms. The molecule has 0 atom stereocenters. The van der Waals surface area contributed by atoms with E-state index in [0.717, 1.165) is 41.1 Å². The van der Waals surface area contributed by atoms with Crippen molar-refractivity contribution in [3.8, 4) is 34.4 Å². The van der Waals surface area contributed by atoms with Crippen LogP contribution in [0.15, 0.2) is 114 Å². The number of hydrogen-bond donors (Lipinski definition) is 0. The molecule has 0 amide bonds. The number of nitrogens with zero attached hydrogens (tertiary/aromatic N) is 3. The molecular weight excluding hydrogens is 672 g/mol. The number of benzene rings is 4. The average Bonchev–Trinajstić information content (AvgIpc) is 3.09. The van der Waals surface area contributed by atoms with Gasteiger partial charge in [-0.2, -0.15) is 36.9 Å². The van der Waals surface area contributed by atoms with Crippen molar-refractivity contribution in [2.75, 3.05) is 19.0 Å². The molecular formula is C43H35F6N3. The first-order valence-corrected chi connectivity index (χ1v) is 16.4. The van der Waals surface area contributed by atoms with E-state index in [4.69, 9.17) is 0 Å². The molecule has 0 aromatic heterocycles. The van der Waals surface area contributed by atoms with Crippen LogP contribution in [0.3, 0.4) is 0 Å². The lowest BCUT2D eigenvalue weighted by atomic mass is 9.74. The Morgan fingerprint density at radius 1 is 0.654 bits per heavy atom. The summed E-state index contributed by atoms with van der Waals surface area (Å²) in [6.07, 6.45) is 1.32. The van der Waals surface area contributed by atoms with Gasteiger partial charge in [0.15, 0.2) is 0 Å². The van der Waals surface area contributed by atoms with Crippen molar-refractivity contribution in [2.45, 2.75) is 39.0 Å². The summed E-state index contributed by atoms with van der Waals surface area (Å²) in [6.45, 7) is 4.07. The molecule has 5 rings (SSSR count). The standard InChI is InChI=1S/C43H35F6N3/c1-41(2)24-29(21-34(25-41)35(26-50)27-51)6-10-33-23-39(30-11-15-36(16-12-30)42(44,45)46)32(9-5-28-7-19-38(20-8-28)52(3)4)22-40(33)31-13-17-37(18-14-31)43(47,48)49/h5-23H,24-25H2,1-4H3/b9-5+,10-6+. The quantitative estimate of drug-likeness (QED) is 0.109. The number of halogens is 6. The largest absolute Gasteiger partial charge is 0.416 e. The molecule has 1 aliphatic rings. The minimum absolute atomic E-state index is 0.0289. The highest BCUT2D eigenvalue weighted by molar-refractivity contribution is 5.89. The Kier molecular flexibility index (Phi) is 10.7. The molecule has 0 saturated heterocycles. The Balaban J connectivity index is 1.72. The number of rotatable bonds is 7. The maximum absolute atomic E-state index is 13.5. The molecule has 3 nitrogen and oxygen atoms in total. The molecule has 0 radical (unpaired) electrons. The summed E-state index contributed by atoms with van der Waals surface area (Å²) in [4.78, 5) is 1.96. The number of alkyl halides is 6. The first kappa shape index (κ1) is 37.5. The SMILES string of the molecule is CN(C)c1ccc(/C=C/c2cc(-c3ccc(C(F)(F)F)cc3)c(/C=C/C3=CC(=C(C#N)C#N)CC(C)(C)C3)cc2-c2ccc(C(F)(F)F)cc2)cc1. The van der Waals surface area contributed by atoms with E-state index in [-0.39, 0.29) is 11.0 Å². The third-order valence-corrected chi connectivity index (χ3v) is 8.87. The van der Waals surface area contributed by atoms with Gasteiger partial charge in [-0.05, 0) is 117 Å². The zero-order valence-electron chi connectivity index (χ0n) is 29.0. The van der Waals surface area contributed by atoms with Gasteiger partial charge < -0.3 is 4.90 Å². The third kappa shape index (κ3) is 8.91. The van der Waals surface area contributed by atoms with Crippen LogP contribution in [0.5, 0.6) is 0 Å². The van der Waals surface area contributed by atoms with Gasteiger partial charge in [0.1, 0.15) is 17.7 Å². The molecule has 1 aliphatic carbocycles. The van der Waals surface area contributed by atoms with Crippen LogP contribution in [-0.2, 0) is 12.4 Å². The summed E-state index contributed by atoms with van der Waals surface area (Å²) >= 11 is 0. The highest BCUT2D eigenvalue weighted by Gasteiger charge is 2.31. The van der Waals surface area contributed by atoms with Gasteiger partial charge in [-0.15, -0.1) is 0 Å². The van der Waals surface area contributed by atoms with Crippen LogP contribution in [0.4, 0.5) is 32.0 Å². The highest BCUT2D eigenvalue weighted by atomic mass is 19.4. The van der Waals surface area contributed by atoms with Crippen LogP contribution < -0.4 is 4.90 Å². The van der Waals surface area contributed by atoms with Crippen molar-refractivity contribution >= 4 is 23.9 Å². The van der Waals surface area contributed by atoms with Crippen LogP contribution in [-0.4, -0.2) is 14.1 Å². The maximum atomic E-state index is 13.5. The van der Waals surface area contributed by atoms with Crippen molar-refractivity contribution < 1.29 is 26.3 Å². The van der Waals surface area contributed by atoms with Gasteiger partial charge in [0, 0.05) is 19.8 Å². The molecule has 9 heteroatoms. The van der Waals surface area contributed by atoms with E-state index in [2.05, 4.69) is 0 Å². The van der Waals surface area contributed by atoms with Gasteiger partial charge in [0.05, 0.1) is 11.1 Å². The number of nitriles is 2. The van der Waals surface area contributed by atoms with Crippen LogP contribution in [0.25, 0.3) is 40.5 Å².